The van der Waals surface area contributed by atoms with Crippen molar-refractivity contribution < 1.29 is 4.79 Å². The summed E-state index contributed by atoms with van der Waals surface area (Å²) in [6.07, 6.45) is 0. The zero-order valence-electron chi connectivity index (χ0n) is 11.7. The molecule has 5 nitrogen and oxygen atoms in total. The molecular weight excluding hydrogens is 276 g/mol. The monoisotopic (exact) mass is 296 g/mol. The average Bonchev–Trinajstić information content (AvgIpc) is 2.43. The fraction of sp³-hybridized carbons (Fsp3) is 0.500. The molecule has 1 aliphatic rings. The number of carbonyl (C=O) groups excluding carboxylic acids is 1. The fourth-order valence-electron chi connectivity index (χ4n) is 2.42. The number of piperazine rings is 1. The highest BCUT2D eigenvalue weighted by Gasteiger charge is 2.25. The highest BCUT2D eigenvalue weighted by Crippen LogP contribution is 2.20. The van der Waals surface area contributed by atoms with Crippen LogP contribution in [0.4, 0.5) is 5.69 Å². The Morgan fingerprint density at radius 1 is 1.45 bits per heavy atom. The normalized spacial score (nSPS) is 20.9. The number of rotatable bonds is 4. The number of amides is 1. The lowest BCUT2D eigenvalue weighted by atomic mass is 10.1. The second-order valence-electron chi connectivity index (χ2n) is 5.15. The summed E-state index contributed by atoms with van der Waals surface area (Å²) < 4.78 is 0. The Labute approximate surface area is 124 Å². The second-order valence-corrected chi connectivity index (χ2v) is 5.56. The van der Waals surface area contributed by atoms with E-state index in [0.717, 1.165) is 19.6 Å². The Morgan fingerprint density at radius 3 is 2.90 bits per heavy atom. The molecule has 1 unspecified atom stereocenters. The minimum atomic E-state index is -0.0545. The minimum absolute atomic E-state index is 0.0545. The standard InChI is InChI=1S/C14H21ClN4O/c1-18-6-7-19(11(8-16)9-18)10-14(20)17-13-5-3-2-4-12(13)15/h2-5,11H,6-10,16H2,1H3,(H,17,20). The Hall–Kier alpha value is -1.14. The maximum atomic E-state index is 12.1. The van der Waals surface area contributed by atoms with Gasteiger partial charge in [-0.25, -0.2) is 0 Å². The van der Waals surface area contributed by atoms with Gasteiger partial charge in [-0.2, -0.15) is 0 Å². The summed E-state index contributed by atoms with van der Waals surface area (Å²) >= 11 is 6.03. The number of benzene rings is 1. The number of halogens is 1. The van der Waals surface area contributed by atoms with E-state index in [2.05, 4.69) is 22.2 Å². The Balaban J connectivity index is 1.92. The van der Waals surface area contributed by atoms with E-state index in [1.54, 1.807) is 12.1 Å². The molecule has 0 aliphatic carbocycles. The van der Waals surface area contributed by atoms with Crippen molar-refractivity contribution in [2.24, 2.45) is 5.73 Å². The molecule has 1 fully saturated rings. The third-order valence-electron chi connectivity index (χ3n) is 3.57. The summed E-state index contributed by atoms with van der Waals surface area (Å²) in [7, 11) is 2.07. The molecule has 1 saturated heterocycles. The molecule has 0 saturated carbocycles. The number of nitrogens with zero attached hydrogens (tertiary/aromatic N) is 2. The van der Waals surface area contributed by atoms with Crippen molar-refractivity contribution in [2.45, 2.75) is 6.04 Å². The van der Waals surface area contributed by atoms with Crippen LogP contribution in [0.25, 0.3) is 0 Å². The number of anilines is 1. The maximum absolute atomic E-state index is 12.1. The molecule has 0 radical (unpaired) electrons. The molecule has 1 aliphatic heterocycles. The summed E-state index contributed by atoms with van der Waals surface area (Å²) in [6, 6.07) is 7.47. The van der Waals surface area contributed by atoms with E-state index in [9.17, 15) is 4.79 Å². The summed E-state index contributed by atoms with van der Waals surface area (Å²) in [5.74, 6) is -0.0545. The summed E-state index contributed by atoms with van der Waals surface area (Å²) in [5.41, 5.74) is 6.44. The predicted octanol–water partition coefficient (Wildman–Crippen LogP) is 0.853. The molecule has 0 aromatic heterocycles. The number of carbonyl (C=O) groups is 1. The van der Waals surface area contributed by atoms with Crippen LogP contribution in [0.5, 0.6) is 0 Å². The number of nitrogens with one attached hydrogen (secondary N) is 1. The van der Waals surface area contributed by atoms with E-state index < -0.39 is 0 Å². The maximum Gasteiger partial charge on any atom is 0.238 e. The van der Waals surface area contributed by atoms with E-state index in [0.29, 0.717) is 23.8 Å². The van der Waals surface area contributed by atoms with Crippen LogP contribution in [0, 0.1) is 0 Å². The zero-order chi connectivity index (χ0) is 14.5. The van der Waals surface area contributed by atoms with Crippen molar-refractivity contribution in [3.05, 3.63) is 29.3 Å². The van der Waals surface area contributed by atoms with E-state index in [4.69, 9.17) is 17.3 Å². The van der Waals surface area contributed by atoms with Crippen LogP contribution in [-0.2, 0) is 4.79 Å². The molecule has 1 aromatic rings. The van der Waals surface area contributed by atoms with Gasteiger partial charge in [-0.15, -0.1) is 0 Å². The van der Waals surface area contributed by atoms with Crippen molar-refractivity contribution in [2.75, 3.05) is 45.1 Å². The first kappa shape index (κ1) is 15.3. The molecule has 1 aromatic carbocycles. The van der Waals surface area contributed by atoms with Gasteiger partial charge in [0.2, 0.25) is 5.91 Å². The molecule has 20 heavy (non-hydrogen) atoms. The Kier molecular flexibility index (Phi) is 5.37. The van der Waals surface area contributed by atoms with Crippen molar-refractivity contribution >= 4 is 23.2 Å². The van der Waals surface area contributed by atoms with Gasteiger partial charge in [-0.1, -0.05) is 23.7 Å². The Bertz CT molecular complexity index is 468. The van der Waals surface area contributed by atoms with Crippen molar-refractivity contribution in [3.63, 3.8) is 0 Å². The van der Waals surface area contributed by atoms with E-state index in [-0.39, 0.29) is 11.9 Å². The summed E-state index contributed by atoms with van der Waals surface area (Å²) in [5, 5.41) is 3.40. The third-order valence-corrected chi connectivity index (χ3v) is 3.90. The van der Waals surface area contributed by atoms with Crippen LogP contribution in [0.1, 0.15) is 0 Å². The quantitative estimate of drug-likeness (QED) is 0.865. The van der Waals surface area contributed by atoms with Crippen molar-refractivity contribution in [1.29, 1.82) is 0 Å². The molecule has 1 amide bonds. The molecule has 3 N–H and O–H groups in total. The van der Waals surface area contributed by atoms with Gasteiger partial charge < -0.3 is 16.0 Å². The van der Waals surface area contributed by atoms with Gasteiger partial charge in [-0.3, -0.25) is 9.69 Å². The van der Waals surface area contributed by atoms with E-state index in [1.807, 2.05) is 12.1 Å². The van der Waals surface area contributed by atoms with Crippen molar-refractivity contribution in [3.8, 4) is 0 Å². The summed E-state index contributed by atoms with van der Waals surface area (Å²) in [6.45, 7) is 3.62. The van der Waals surface area contributed by atoms with E-state index >= 15 is 0 Å². The lowest BCUT2D eigenvalue weighted by Gasteiger charge is -2.39. The van der Waals surface area contributed by atoms with Crippen LogP contribution in [0.3, 0.4) is 0 Å². The first-order valence-corrected chi connectivity index (χ1v) is 7.15. The highest BCUT2D eigenvalue weighted by molar-refractivity contribution is 6.33. The Morgan fingerprint density at radius 2 is 2.20 bits per heavy atom. The highest BCUT2D eigenvalue weighted by atomic mass is 35.5. The topological polar surface area (TPSA) is 61.6 Å². The van der Waals surface area contributed by atoms with Crippen LogP contribution in [0.2, 0.25) is 5.02 Å². The molecular formula is C14H21ClN4O. The predicted molar refractivity (Wildman–Crippen MR) is 82.0 cm³/mol. The lowest BCUT2D eigenvalue weighted by Crippen LogP contribution is -2.56. The SMILES string of the molecule is CN1CCN(CC(=O)Nc2ccccc2Cl)C(CN)C1. The van der Waals surface area contributed by atoms with Gasteiger partial charge in [-0.05, 0) is 19.2 Å². The molecule has 1 heterocycles. The lowest BCUT2D eigenvalue weighted by molar-refractivity contribution is -0.118. The molecule has 1 atom stereocenters. The summed E-state index contributed by atoms with van der Waals surface area (Å²) in [4.78, 5) is 16.5. The first-order valence-electron chi connectivity index (χ1n) is 6.77. The van der Waals surface area contributed by atoms with Gasteiger partial charge >= 0.3 is 0 Å². The largest absolute Gasteiger partial charge is 0.329 e. The average molecular weight is 297 g/mol. The minimum Gasteiger partial charge on any atom is -0.329 e. The van der Waals surface area contributed by atoms with Gasteiger partial charge in [0, 0.05) is 32.2 Å². The van der Waals surface area contributed by atoms with Gasteiger partial charge in [0.1, 0.15) is 0 Å². The smallest absolute Gasteiger partial charge is 0.238 e. The van der Waals surface area contributed by atoms with Crippen molar-refractivity contribution in [1.82, 2.24) is 9.80 Å². The van der Waals surface area contributed by atoms with E-state index in [1.165, 1.54) is 0 Å². The van der Waals surface area contributed by atoms with Gasteiger partial charge in [0.25, 0.3) is 0 Å². The molecule has 110 valence electrons. The fourth-order valence-corrected chi connectivity index (χ4v) is 2.60. The van der Waals surface area contributed by atoms with Crippen LogP contribution < -0.4 is 11.1 Å². The number of nitrogens with two attached hydrogens (primary N) is 1. The van der Waals surface area contributed by atoms with Gasteiger partial charge in [0.15, 0.2) is 0 Å². The third kappa shape index (κ3) is 3.93. The number of hydrogen-bond acceptors (Lipinski definition) is 4. The van der Waals surface area contributed by atoms with Gasteiger partial charge in [0.05, 0.1) is 17.3 Å². The number of para-hydroxylation sites is 1. The number of hydrogen-bond donors (Lipinski definition) is 2. The first-order chi connectivity index (χ1) is 9.60. The molecule has 6 heteroatoms. The van der Waals surface area contributed by atoms with Crippen LogP contribution in [0.15, 0.2) is 24.3 Å². The molecule has 2 rings (SSSR count). The van der Waals surface area contributed by atoms with Crippen LogP contribution in [-0.4, -0.2) is 61.5 Å². The molecule has 0 spiro atoms. The second kappa shape index (κ2) is 7.04. The number of likely N-dealkylation sites (N-methyl/N-ethyl adjacent to an activating group) is 1. The molecule has 0 bridgehead atoms. The zero-order valence-corrected chi connectivity index (χ0v) is 12.4. The van der Waals surface area contributed by atoms with Crippen LogP contribution >= 0.6 is 11.6 Å².